The van der Waals surface area contributed by atoms with Gasteiger partial charge in [0.2, 0.25) is 5.78 Å². The van der Waals surface area contributed by atoms with Gasteiger partial charge in [-0.2, -0.15) is 0 Å². The molecule has 0 aliphatic rings. The SMILES string of the molecule is CCS(=O)(=O)c1ccc(CC(O)Nc2nc(-c3cccc(Cl)c3)c(C(=O)c3ccccc3Cl)s2)cc1. The van der Waals surface area contributed by atoms with Crippen molar-refractivity contribution in [1.82, 2.24) is 4.98 Å². The summed E-state index contributed by atoms with van der Waals surface area (Å²) in [6.07, 6.45) is -0.827. The molecular weight excluding hydrogens is 539 g/mol. The fourth-order valence-electron chi connectivity index (χ4n) is 3.55. The minimum Gasteiger partial charge on any atom is -0.373 e. The summed E-state index contributed by atoms with van der Waals surface area (Å²) in [4.78, 5) is 18.6. The van der Waals surface area contributed by atoms with Crippen LogP contribution in [0.5, 0.6) is 0 Å². The standard InChI is InChI=1S/C26H22Cl2N2O4S2/c1-2-36(33,34)19-12-10-16(11-13-19)14-22(31)29-26-30-23(17-6-5-7-18(27)15-17)25(35-26)24(32)20-8-3-4-9-21(20)28/h3-13,15,22,31H,2,14H2,1H3,(H,29,30). The Morgan fingerprint density at radius 1 is 1.06 bits per heavy atom. The first-order chi connectivity index (χ1) is 17.2. The number of ketones is 1. The molecule has 3 aromatic carbocycles. The Labute approximate surface area is 223 Å². The number of halogens is 2. The van der Waals surface area contributed by atoms with Crippen LogP contribution in [0, 0.1) is 0 Å². The summed E-state index contributed by atoms with van der Waals surface area (Å²) in [5.74, 6) is -0.270. The van der Waals surface area contributed by atoms with Crippen molar-refractivity contribution in [3.05, 3.63) is 98.8 Å². The molecule has 4 rings (SSSR count). The van der Waals surface area contributed by atoms with E-state index in [1.165, 1.54) is 12.1 Å². The minimum atomic E-state index is -3.29. The van der Waals surface area contributed by atoms with Crippen LogP contribution in [0.1, 0.15) is 27.7 Å². The number of sulfone groups is 1. The number of aromatic nitrogens is 1. The fourth-order valence-corrected chi connectivity index (χ4v) is 5.84. The third-order valence-corrected chi connectivity index (χ3v) is 8.73. The topological polar surface area (TPSA) is 96.4 Å². The minimum absolute atomic E-state index is 0.0186. The third-order valence-electron chi connectivity index (χ3n) is 5.43. The molecule has 0 aliphatic carbocycles. The number of thiazole rings is 1. The summed E-state index contributed by atoms with van der Waals surface area (Å²) in [6, 6.07) is 20.2. The molecule has 0 amide bonds. The van der Waals surface area contributed by atoms with Crippen molar-refractivity contribution in [2.24, 2.45) is 0 Å². The van der Waals surface area contributed by atoms with E-state index in [0.29, 0.717) is 36.9 Å². The van der Waals surface area contributed by atoms with Crippen molar-refractivity contribution in [3.63, 3.8) is 0 Å². The Bertz CT molecular complexity index is 1500. The van der Waals surface area contributed by atoms with E-state index < -0.39 is 16.1 Å². The van der Waals surface area contributed by atoms with Crippen molar-refractivity contribution in [2.75, 3.05) is 11.1 Å². The van der Waals surface area contributed by atoms with Crippen LogP contribution in [0.4, 0.5) is 5.13 Å². The van der Waals surface area contributed by atoms with E-state index in [4.69, 9.17) is 23.2 Å². The van der Waals surface area contributed by atoms with E-state index in [1.807, 2.05) is 0 Å². The normalized spacial score (nSPS) is 12.3. The first-order valence-electron chi connectivity index (χ1n) is 11.0. The van der Waals surface area contributed by atoms with E-state index in [9.17, 15) is 18.3 Å². The van der Waals surface area contributed by atoms with E-state index in [-0.39, 0.29) is 22.9 Å². The quantitative estimate of drug-likeness (QED) is 0.189. The van der Waals surface area contributed by atoms with Crippen molar-refractivity contribution >= 4 is 55.3 Å². The van der Waals surface area contributed by atoms with Gasteiger partial charge in [0, 0.05) is 22.6 Å². The zero-order chi connectivity index (χ0) is 25.9. The monoisotopic (exact) mass is 560 g/mol. The van der Waals surface area contributed by atoms with E-state index in [2.05, 4.69) is 10.3 Å². The summed E-state index contributed by atoms with van der Waals surface area (Å²) in [6.45, 7) is 1.59. The number of benzene rings is 3. The van der Waals surface area contributed by atoms with Crippen molar-refractivity contribution < 1.29 is 18.3 Å². The summed E-state index contributed by atoms with van der Waals surface area (Å²) in [5.41, 5.74) is 2.17. The van der Waals surface area contributed by atoms with Gasteiger partial charge in [-0.1, -0.05) is 77.9 Å². The van der Waals surface area contributed by atoms with Gasteiger partial charge in [-0.05, 0) is 42.0 Å². The Morgan fingerprint density at radius 3 is 2.44 bits per heavy atom. The molecule has 4 aromatic rings. The molecule has 1 aromatic heterocycles. The Balaban J connectivity index is 1.61. The van der Waals surface area contributed by atoms with Crippen molar-refractivity contribution in [3.8, 4) is 11.3 Å². The predicted octanol–water partition coefficient (Wildman–Crippen LogP) is 6.11. The molecule has 0 spiro atoms. The predicted molar refractivity (Wildman–Crippen MR) is 145 cm³/mol. The fraction of sp³-hybridized carbons (Fsp3) is 0.154. The lowest BCUT2D eigenvalue weighted by atomic mass is 10.1. The first kappa shape index (κ1) is 26.3. The summed E-state index contributed by atoms with van der Waals surface area (Å²) in [7, 11) is -3.29. The van der Waals surface area contributed by atoms with Crippen LogP contribution in [-0.4, -0.2) is 36.3 Å². The number of aliphatic hydroxyl groups is 1. The van der Waals surface area contributed by atoms with Crippen LogP contribution in [0.15, 0.2) is 77.7 Å². The molecule has 6 nitrogen and oxygen atoms in total. The molecule has 0 fully saturated rings. The molecular formula is C26H22Cl2N2O4S2. The summed E-state index contributed by atoms with van der Waals surface area (Å²) < 4.78 is 24.0. The molecule has 36 heavy (non-hydrogen) atoms. The van der Waals surface area contributed by atoms with Crippen LogP contribution in [-0.2, 0) is 16.3 Å². The molecule has 0 radical (unpaired) electrons. The average Bonchev–Trinajstić information content (AvgIpc) is 3.28. The van der Waals surface area contributed by atoms with Crippen LogP contribution in [0.25, 0.3) is 11.3 Å². The van der Waals surface area contributed by atoms with Crippen LogP contribution < -0.4 is 5.32 Å². The molecule has 1 atom stereocenters. The second-order valence-electron chi connectivity index (χ2n) is 7.93. The number of nitrogens with one attached hydrogen (secondary N) is 1. The molecule has 0 saturated carbocycles. The molecule has 186 valence electrons. The highest BCUT2D eigenvalue weighted by Gasteiger charge is 2.23. The smallest absolute Gasteiger partial charge is 0.206 e. The Hall–Kier alpha value is -2.75. The van der Waals surface area contributed by atoms with E-state index in [0.717, 1.165) is 16.9 Å². The lowest BCUT2D eigenvalue weighted by Gasteiger charge is -2.12. The lowest BCUT2D eigenvalue weighted by Crippen LogP contribution is -2.21. The van der Waals surface area contributed by atoms with Crippen molar-refractivity contribution in [2.45, 2.75) is 24.5 Å². The molecule has 1 unspecified atom stereocenters. The molecule has 2 N–H and O–H groups in total. The maximum absolute atomic E-state index is 13.4. The van der Waals surface area contributed by atoms with Crippen LogP contribution >= 0.6 is 34.5 Å². The van der Waals surface area contributed by atoms with Gasteiger partial charge >= 0.3 is 0 Å². The lowest BCUT2D eigenvalue weighted by molar-refractivity contribution is 0.104. The van der Waals surface area contributed by atoms with Gasteiger partial charge in [0.15, 0.2) is 15.0 Å². The summed E-state index contributed by atoms with van der Waals surface area (Å²) >= 11 is 13.6. The highest BCUT2D eigenvalue weighted by molar-refractivity contribution is 7.91. The highest BCUT2D eigenvalue weighted by atomic mass is 35.5. The van der Waals surface area contributed by atoms with Gasteiger partial charge in [-0.3, -0.25) is 4.79 Å². The number of anilines is 1. The van der Waals surface area contributed by atoms with E-state index in [1.54, 1.807) is 67.6 Å². The van der Waals surface area contributed by atoms with Gasteiger partial charge in [0.25, 0.3) is 0 Å². The maximum atomic E-state index is 13.4. The zero-order valence-corrected chi connectivity index (χ0v) is 22.3. The van der Waals surface area contributed by atoms with Crippen molar-refractivity contribution in [1.29, 1.82) is 0 Å². The zero-order valence-electron chi connectivity index (χ0n) is 19.1. The van der Waals surface area contributed by atoms with E-state index >= 15 is 0 Å². The third kappa shape index (κ3) is 5.96. The Morgan fingerprint density at radius 2 is 1.78 bits per heavy atom. The van der Waals surface area contributed by atoms with Crippen LogP contribution in [0.2, 0.25) is 10.0 Å². The number of rotatable bonds is 9. The van der Waals surface area contributed by atoms with Gasteiger partial charge in [0.1, 0.15) is 11.1 Å². The number of hydrogen-bond donors (Lipinski definition) is 2. The average molecular weight is 562 g/mol. The first-order valence-corrected chi connectivity index (χ1v) is 14.2. The van der Waals surface area contributed by atoms with Gasteiger partial charge in [-0.25, -0.2) is 13.4 Å². The molecule has 0 saturated heterocycles. The largest absolute Gasteiger partial charge is 0.373 e. The van der Waals surface area contributed by atoms with Crippen LogP contribution in [0.3, 0.4) is 0 Å². The molecule has 0 bridgehead atoms. The van der Waals surface area contributed by atoms with Gasteiger partial charge in [0.05, 0.1) is 21.4 Å². The second-order valence-corrected chi connectivity index (χ2v) is 12.0. The number of carbonyl (C=O) groups excluding carboxylic acids is 1. The highest BCUT2D eigenvalue weighted by Crippen LogP contribution is 2.35. The maximum Gasteiger partial charge on any atom is 0.206 e. The summed E-state index contributed by atoms with van der Waals surface area (Å²) in [5, 5.41) is 14.8. The number of aliphatic hydroxyl groups excluding tert-OH is 1. The number of hydrogen-bond acceptors (Lipinski definition) is 7. The second kappa shape index (κ2) is 11.1. The number of nitrogens with zero attached hydrogens (tertiary/aromatic N) is 1. The molecule has 1 heterocycles. The molecule has 10 heteroatoms. The van der Waals surface area contributed by atoms with Gasteiger partial charge in [-0.15, -0.1) is 0 Å². The molecule has 0 aliphatic heterocycles. The Kier molecular flexibility index (Phi) is 8.12. The number of carbonyl (C=O) groups is 1. The van der Waals surface area contributed by atoms with Gasteiger partial charge < -0.3 is 10.4 Å².